The Hall–Kier alpha value is -0.0800. The van der Waals surface area contributed by atoms with E-state index >= 15 is 0 Å². The molecule has 2 fully saturated rings. The van der Waals surface area contributed by atoms with E-state index in [0.29, 0.717) is 5.41 Å². The Kier molecular flexibility index (Phi) is 4.26. The van der Waals surface area contributed by atoms with Crippen LogP contribution in [0.3, 0.4) is 0 Å². The van der Waals surface area contributed by atoms with Gasteiger partial charge in [0.05, 0.1) is 0 Å². The summed E-state index contributed by atoms with van der Waals surface area (Å²) in [5.41, 5.74) is 6.55. The molecule has 2 rings (SSSR count). The van der Waals surface area contributed by atoms with E-state index in [1.807, 2.05) is 0 Å². The van der Waals surface area contributed by atoms with Crippen LogP contribution in [0.15, 0.2) is 0 Å². The molecule has 0 aromatic heterocycles. The fourth-order valence-electron chi connectivity index (χ4n) is 3.43. The van der Waals surface area contributed by atoms with Crippen LogP contribution < -0.4 is 5.73 Å². The lowest BCUT2D eigenvalue weighted by Gasteiger charge is -2.41. The molecular weight excluding hydrogens is 198 g/mol. The van der Waals surface area contributed by atoms with Crippen molar-refractivity contribution in [2.75, 3.05) is 19.8 Å². The van der Waals surface area contributed by atoms with Gasteiger partial charge in [0.1, 0.15) is 0 Å². The molecule has 1 aliphatic carbocycles. The Labute approximate surface area is 99.9 Å². The molecule has 1 saturated carbocycles. The van der Waals surface area contributed by atoms with Crippen LogP contribution in [0.1, 0.15) is 51.9 Å². The lowest BCUT2D eigenvalue weighted by atomic mass is 9.66. The number of nitrogens with two attached hydrogens (primary N) is 1. The quantitative estimate of drug-likeness (QED) is 0.801. The van der Waals surface area contributed by atoms with E-state index < -0.39 is 0 Å². The zero-order chi connectivity index (χ0) is 11.4. The first kappa shape index (κ1) is 12.4. The van der Waals surface area contributed by atoms with Gasteiger partial charge >= 0.3 is 0 Å². The van der Waals surface area contributed by atoms with Gasteiger partial charge in [-0.15, -0.1) is 0 Å². The summed E-state index contributed by atoms with van der Waals surface area (Å²) in [6.07, 6.45) is 9.39. The number of ether oxygens (including phenoxy) is 1. The number of hydrogen-bond acceptors (Lipinski definition) is 2. The highest BCUT2D eigenvalue weighted by molar-refractivity contribution is 4.88. The van der Waals surface area contributed by atoms with E-state index in [1.165, 1.54) is 44.9 Å². The van der Waals surface area contributed by atoms with Crippen LogP contribution in [0.4, 0.5) is 0 Å². The number of hydrogen-bond donors (Lipinski definition) is 1. The second-order valence-electron chi connectivity index (χ2n) is 6.15. The van der Waals surface area contributed by atoms with Crippen molar-refractivity contribution in [1.29, 1.82) is 0 Å². The van der Waals surface area contributed by atoms with Gasteiger partial charge in [0.15, 0.2) is 0 Å². The van der Waals surface area contributed by atoms with Crippen molar-refractivity contribution in [2.24, 2.45) is 23.0 Å². The summed E-state index contributed by atoms with van der Waals surface area (Å²) in [5.74, 6) is 1.81. The van der Waals surface area contributed by atoms with Gasteiger partial charge in [-0.3, -0.25) is 0 Å². The highest BCUT2D eigenvalue weighted by Gasteiger charge is 2.35. The lowest BCUT2D eigenvalue weighted by molar-refractivity contribution is 0.0359. The summed E-state index contributed by atoms with van der Waals surface area (Å²) in [5, 5.41) is 0. The smallest absolute Gasteiger partial charge is 0.0468 e. The topological polar surface area (TPSA) is 35.2 Å². The van der Waals surface area contributed by atoms with Gasteiger partial charge in [-0.2, -0.15) is 0 Å². The molecule has 0 amide bonds. The van der Waals surface area contributed by atoms with Crippen LogP contribution in [-0.4, -0.2) is 19.8 Å². The minimum atomic E-state index is 0.481. The Morgan fingerprint density at radius 1 is 1.12 bits per heavy atom. The van der Waals surface area contributed by atoms with Crippen molar-refractivity contribution in [2.45, 2.75) is 51.9 Å². The summed E-state index contributed by atoms with van der Waals surface area (Å²) in [4.78, 5) is 0. The summed E-state index contributed by atoms with van der Waals surface area (Å²) in [6, 6.07) is 0. The maximum atomic E-state index is 6.07. The van der Waals surface area contributed by atoms with Crippen molar-refractivity contribution in [3.05, 3.63) is 0 Å². The normalized spacial score (nSPS) is 37.5. The van der Waals surface area contributed by atoms with Gasteiger partial charge in [-0.05, 0) is 55.9 Å². The lowest BCUT2D eigenvalue weighted by Crippen LogP contribution is -2.37. The van der Waals surface area contributed by atoms with Crippen LogP contribution in [0, 0.1) is 17.3 Å². The summed E-state index contributed by atoms with van der Waals surface area (Å²) >= 11 is 0. The molecule has 94 valence electrons. The molecule has 1 saturated heterocycles. The first-order valence-corrected chi connectivity index (χ1v) is 7.02. The van der Waals surface area contributed by atoms with Crippen molar-refractivity contribution in [1.82, 2.24) is 0 Å². The molecule has 0 spiro atoms. The molecule has 2 N–H and O–H groups in total. The average Bonchev–Trinajstić information content (AvgIpc) is 2.34. The van der Waals surface area contributed by atoms with Gasteiger partial charge < -0.3 is 10.5 Å². The fraction of sp³-hybridized carbons (Fsp3) is 1.00. The van der Waals surface area contributed by atoms with Crippen LogP contribution in [0.2, 0.25) is 0 Å². The maximum absolute atomic E-state index is 6.07. The Morgan fingerprint density at radius 3 is 2.31 bits per heavy atom. The predicted molar refractivity (Wildman–Crippen MR) is 67.3 cm³/mol. The average molecular weight is 225 g/mol. The summed E-state index contributed by atoms with van der Waals surface area (Å²) < 4.78 is 5.44. The molecule has 2 aliphatic rings. The van der Waals surface area contributed by atoms with E-state index in [2.05, 4.69) is 6.92 Å². The molecule has 0 unspecified atom stereocenters. The van der Waals surface area contributed by atoms with Gasteiger partial charge in [-0.25, -0.2) is 0 Å². The maximum Gasteiger partial charge on any atom is 0.0468 e. The first-order chi connectivity index (χ1) is 7.74. The van der Waals surface area contributed by atoms with E-state index in [-0.39, 0.29) is 0 Å². The molecule has 16 heavy (non-hydrogen) atoms. The van der Waals surface area contributed by atoms with E-state index in [1.54, 1.807) is 0 Å². The highest BCUT2D eigenvalue weighted by atomic mass is 16.5. The van der Waals surface area contributed by atoms with Crippen molar-refractivity contribution >= 4 is 0 Å². The monoisotopic (exact) mass is 225 g/mol. The van der Waals surface area contributed by atoms with Gasteiger partial charge in [0.25, 0.3) is 0 Å². The number of rotatable bonds is 3. The van der Waals surface area contributed by atoms with E-state index in [4.69, 9.17) is 10.5 Å². The Bertz CT molecular complexity index is 203. The minimum Gasteiger partial charge on any atom is -0.381 e. The fourth-order valence-corrected chi connectivity index (χ4v) is 3.43. The zero-order valence-corrected chi connectivity index (χ0v) is 10.7. The molecule has 0 aromatic carbocycles. The van der Waals surface area contributed by atoms with Gasteiger partial charge in [0.2, 0.25) is 0 Å². The largest absolute Gasteiger partial charge is 0.381 e. The third-order valence-corrected chi connectivity index (χ3v) is 4.83. The van der Waals surface area contributed by atoms with Crippen molar-refractivity contribution in [3.63, 3.8) is 0 Å². The van der Waals surface area contributed by atoms with E-state index in [9.17, 15) is 0 Å². The minimum absolute atomic E-state index is 0.481. The molecule has 1 heterocycles. The molecule has 0 bridgehead atoms. The molecule has 0 atom stereocenters. The molecular formula is C14H27NO. The second kappa shape index (κ2) is 5.50. The second-order valence-corrected chi connectivity index (χ2v) is 6.15. The van der Waals surface area contributed by atoms with Gasteiger partial charge in [0, 0.05) is 13.2 Å². The zero-order valence-electron chi connectivity index (χ0n) is 10.7. The molecule has 0 radical (unpaired) electrons. The van der Waals surface area contributed by atoms with Gasteiger partial charge in [-0.1, -0.05) is 19.8 Å². The molecule has 2 heteroatoms. The SMILES string of the molecule is CC1CCC(CN)(CC2CCOCC2)CC1. The van der Waals surface area contributed by atoms with Crippen LogP contribution in [0.5, 0.6) is 0 Å². The Balaban J connectivity index is 1.88. The Morgan fingerprint density at radius 2 is 1.75 bits per heavy atom. The van der Waals surface area contributed by atoms with E-state index in [0.717, 1.165) is 31.6 Å². The summed E-state index contributed by atoms with van der Waals surface area (Å²) in [6.45, 7) is 5.23. The highest BCUT2D eigenvalue weighted by Crippen LogP contribution is 2.44. The third kappa shape index (κ3) is 2.98. The molecule has 2 nitrogen and oxygen atoms in total. The van der Waals surface area contributed by atoms with Crippen molar-refractivity contribution in [3.8, 4) is 0 Å². The standard InChI is InChI=1S/C14H27NO/c1-12-2-6-14(11-15,7-3-12)10-13-4-8-16-9-5-13/h12-13H,2-11,15H2,1H3. The van der Waals surface area contributed by atoms with Crippen LogP contribution in [0.25, 0.3) is 0 Å². The summed E-state index contributed by atoms with van der Waals surface area (Å²) in [7, 11) is 0. The molecule has 1 aliphatic heterocycles. The first-order valence-electron chi connectivity index (χ1n) is 7.02. The molecule has 0 aromatic rings. The third-order valence-electron chi connectivity index (χ3n) is 4.83. The van der Waals surface area contributed by atoms with Crippen molar-refractivity contribution < 1.29 is 4.74 Å². The van der Waals surface area contributed by atoms with Crippen LogP contribution >= 0.6 is 0 Å². The predicted octanol–water partition coefficient (Wildman–Crippen LogP) is 2.96. The van der Waals surface area contributed by atoms with Crippen LogP contribution in [-0.2, 0) is 4.74 Å².